The Hall–Kier alpha value is -3.63. The molecule has 1 unspecified atom stereocenters. The Bertz CT molecular complexity index is 1220. The van der Waals surface area contributed by atoms with Crippen molar-refractivity contribution in [2.24, 2.45) is 0 Å². The van der Waals surface area contributed by atoms with Crippen LogP contribution >= 0.6 is 0 Å². The van der Waals surface area contributed by atoms with Gasteiger partial charge in [0.15, 0.2) is 0 Å². The predicted molar refractivity (Wildman–Crippen MR) is 118 cm³/mol. The summed E-state index contributed by atoms with van der Waals surface area (Å²) < 4.78 is 19.0. The minimum atomic E-state index is -0.295. The fraction of sp³-hybridized carbons (Fsp3) is 0.320. The smallest absolute Gasteiger partial charge is 0.351 e. The number of hydrogen-bond acceptors (Lipinski definition) is 6. The average molecular weight is 429 g/mol. The van der Waals surface area contributed by atoms with Gasteiger partial charge in [-0.15, -0.1) is 0 Å². The molecule has 0 saturated carbocycles. The number of nitriles is 1. The molecule has 3 heterocycles. The van der Waals surface area contributed by atoms with Crippen molar-refractivity contribution in [2.75, 3.05) is 13.2 Å². The van der Waals surface area contributed by atoms with Gasteiger partial charge < -0.3 is 14.2 Å². The number of fused-ring (bicyclic) bond motifs is 3. The third-order valence-corrected chi connectivity index (χ3v) is 5.87. The Morgan fingerprint density at radius 1 is 1.16 bits per heavy atom. The highest BCUT2D eigenvalue weighted by molar-refractivity contribution is 5.67. The number of benzene rings is 2. The number of aryl methyl sites for hydroxylation is 1. The topological polar surface area (TPSA) is 86.4 Å². The molecular formula is C25H23N3O4. The van der Waals surface area contributed by atoms with Crippen molar-refractivity contribution in [1.29, 1.82) is 5.26 Å². The maximum atomic E-state index is 12.6. The van der Waals surface area contributed by atoms with Gasteiger partial charge in [-0.1, -0.05) is 12.1 Å². The van der Waals surface area contributed by atoms with Crippen LogP contribution in [0.1, 0.15) is 29.5 Å². The Labute approximate surface area is 185 Å². The normalized spacial score (nSPS) is 16.7. The minimum Gasteiger partial charge on any atom is -0.489 e. The lowest BCUT2D eigenvalue weighted by Gasteiger charge is -2.22. The molecule has 162 valence electrons. The number of aromatic nitrogens is 2. The second-order valence-corrected chi connectivity index (χ2v) is 8.03. The van der Waals surface area contributed by atoms with E-state index in [0.29, 0.717) is 31.2 Å². The maximum Gasteiger partial charge on any atom is 0.351 e. The number of nitrogens with zero attached hydrogens (tertiary/aromatic N) is 3. The van der Waals surface area contributed by atoms with Crippen LogP contribution in [0.5, 0.6) is 11.6 Å². The zero-order chi connectivity index (χ0) is 21.9. The van der Waals surface area contributed by atoms with E-state index in [-0.39, 0.29) is 11.8 Å². The van der Waals surface area contributed by atoms with Gasteiger partial charge in [-0.25, -0.2) is 4.79 Å². The van der Waals surface area contributed by atoms with E-state index in [2.05, 4.69) is 11.1 Å². The van der Waals surface area contributed by atoms with Gasteiger partial charge >= 0.3 is 5.69 Å². The van der Waals surface area contributed by atoms with Crippen molar-refractivity contribution in [2.45, 2.75) is 38.5 Å². The van der Waals surface area contributed by atoms with Crippen molar-refractivity contribution in [3.63, 3.8) is 0 Å². The summed E-state index contributed by atoms with van der Waals surface area (Å²) in [4.78, 5) is 16.7. The first-order valence-electron chi connectivity index (χ1n) is 10.8. The van der Waals surface area contributed by atoms with Crippen molar-refractivity contribution in [3.05, 3.63) is 75.7 Å². The van der Waals surface area contributed by atoms with Crippen LogP contribution < -0.4 is 15.2 Å². The Kier molecular flexibility index (Phi) is 5.61. The molecule has 0 bridgehead atoms. The minimum absolute atomic E-state index is 0.0682. The molecule has 1 aromatic heterocycles. The van der Waals surface area contributed by atoms with Crippen LogP contribution in [0.15, 0.2) is 53.3 Å². The monoisotopic (exact) mass is 429 g/mol. The molecule has 1 fully saturated rings. The van der Waals surface area contributed by atoms with Crippen LogP contribution in [-0.2, 0) is 24.3 Å². The van der Waals surface area contributed by atoms with E-state index in [1.807, 2.05) is 36.4 Å². The molecule has 2 aliphatic heterocycles. The van der Waals surface area contributed by atoms with E-state index < -0.39 is 0 Å². The van der Waals surface area contributed by atoms with E-state index in [4.69, 9.17) is 19.5 Å². The standard InChI is InChI=1S/C25H23N3O4/c26-14-17-3-5-18(6-4-17)15-31-20-7-8-22-19(12-20)9-10-28-23(22)13-24(27-25(28)29)32-16-21-2-1-11-30-21/h3-8,12-13,21H,1-2,9-11,15-16H2. The van der Waals surface area contributed by atoms with Gasteiger partial charge in [0.2, 0.25) is 5.88 Å². The van der Waals surface area contributed by atoms with Crippen molar-refractivity contribution in [1.82, 2.24) is 9.55 Å². The van der Waals surface area contributed by atoms with Gasteiger partial charge in [0.05, 0.1) is 23.4 Å². The zero-order valence-electron chi connectivity index (χ0n) is 17.6. The van der Waals surface area contributed by atoms with Gasteiger partial charge in [-0.2, -0.15) is 10.2 Å². The first-order valence-corrected chi connectivity index (χ1v) is 10.8. The summed E-state index contributed by atoms with van der Waals surface area (Å²) in [5.74, 6) is 1.11. The summed E-state index contributed by atoms with van der Waals surface area (Å²) in [7, 11) is 0. The van der Waals surface area contributed by atoms with Crippen LogP contribution in [0, 0.1) is 11.3 Å². The fourth-order valence-electron chi connectivity index (χ4n) is 4.14. The van der Waals surface area contributed by atoms with E-state index in [9.17, 15) is 4.79 Å². The molecule has 0 N–H and O–H groups in total. The van der Waals surface area contributed by atoms with Gasteiger partial charge in [0.1, 0.15) is 19.0 Å². The first kappa shape index (κ1) is 20.3. The van der Waals surface area contributed by atoms with Crippen LogP contribution in [0.4, 0.5) is 0 Å². The highest BCUT2D eigenvalue weighted by Gasteiger charge is 2.21. The molecule has 5 rings (SSSR count). The molecule has 7 nitrogen and oxygen atoms in total. The van der Waals surface area contributed by atoms with Crippen LogP contribution in [0.3, 0.4) is 0 Å². The molecule has 32 heavy (non-hydrogen) atoms. The average Bonchev–Trinajstić information content (AvgIpc) is 3.35. The summed E-state index contributed by atoms with van der Waals surface area (Å²) in [6.07, 6.45) is 2.81. The maximum absolute atomic E-state index is 12.6. The second-order valence-electron chi connectivity index (χ2n) is 8.03. The lowest BCUT2D eigenvalue weighted by Crippen LogP contribution is -2.29. The molecule has 1 atom stereocenters. The molecule has 2 aromatic carbocycles. The summed E-state index contributed by atoms with van der Waals surface area (Å²) in [6.45, 7) is 2.16. The molecule has 0 spiro atoms. The third kappa shape index (κ3) is 4.23. The molecule has 2 aliphatic rings. The molecule has 1 saturated heterocycles. The third-order valence-electron chi connectivity index (χ3n) is 5.87. The number of rotatable bonds is 6. The van der Waals surface area contributed by atoms with Crippen LogP contribution in [0.2, 0.25) is 0 Å². The predicted octanol–water partition coefficient (Wildman–Crippen LogP) is 3.47. The Morgan fingerprint density at radius 2 is 2.03 bits per heavy atom. The lowest BCUT2D eigenvalue weighted by molar-refractivity contribution is 0.0661. The van der Waals surface area contributed by atoms with E-state index in [1.54, 1.807) is 16.7 Å². The van der Waals surface area contributed by atoms with Crippen LogP contribution in [-0.4, -0.2) is 28.9 Å². The van der Waals surface area contributed by atoms with E-state index in [0.717, 1.165) is 54.0 Å². The molecule has 7 heteroatoms. The summed E-state index contributed by atoms with van der Waals surface area (Å²) in [5, 5.41) is 8.91. The van der Waals surface area contributed by atoms with E-state index in [1.165, 1.54) is 0 Å². The quantitative estimate of drug-likeness (QED) is 0.596. The van der Waals surface area contributed by atoms with Crippen molar-refractivity contribution >= 4 is 0 Å². The Morgan fingerprint density at radius 3 is 2.81 bits per heavy atom. The highest BCUT2D eigenvalue weighted by Crippen LogP contribution is 2.32. The van der Waals surface area contributed by atoms with Crippen molar-refractivity contribution in [3.8, 4) is 29.0 Å². The molecule has 0 aliphatic carbocycles. The van der Waals surface area contributed by atoms with Gasteiger partial charge in [-0.3, -0.25) is 4.57 Å². The Balaban J connectivity index is 1.33. The molecule has 0 radical (unpaired) electrons. The fourth-order valence-corrected chi connectivity index (χ4v) is 4.14. The van der Waals surface area contributed by atoms with Gasteiger partial charge in [0, 0.05) is 24.8 Å². The summed E-state index contributed by atoms with van der Waals surface area (Å²) in [5.41, 5.74) is 4.26. The number of ether oxygens (including phenoxy) is 3. The van der Waals surface area contributed by atoms with Gasteiger partial charge in [0.25, 0.3) is 0 Å². The summed E-state index contributed by atoms with van der Waals surface area (Å²) in [6, 6.07) is 17.2. The second kappa shape index (κ2) is 8.85. The number of hydrogen-bond donors (Lipinski definition) is 0. The van der Waals surface area contributed by atoms with Crippen LogP contribution in [0.25, 0.3) is 11.3 Å². The zero-order valence-corrected chi connectivity index (χ0v) is 17.6. The first-order chi connectivity index (χ1) is 15.7. The molecule has 0 amide bonds. The SMILES string of the molecule is N#Cc1ccc(COc2ccc3c(c2)CCn2c-3cc(OCC3CCCO3)nc2=O)cc1. The van der Waals surface area contributed by atoms with Crippen molar-refractivity contribution < 1.29 is 14.2 Å². The molecule has 3 aromatic rings. The molecular weight excluding hydrogens is 406 g/mol. The van der Waals surface area contributed by atoms with E-state index >= 15 is 0 Å². The largest absolute Gasteiger partial charge is 0.489 e. The summed E-state index contributed by atoms with van der Waals surface area (Å²) >= 11 is 0. The highest BCUT2D eigenvalue weighted by atomic mass is 16.5. The van der Waals surface area contributed by atoms with Gasteiger partial charge in [-0.05, 0) is 60.7 Å². The lowest BCUT2D eigenvalue weighted by atomic mass is 9.97.